The number of fused-ring (bicyclic) bond motifs is 1. The average molecular weight is 342 g/mol. The second-order valence-electron chi connectivity index (χ2n) is 7.41. The van der Waals surface area contributed by atoms with Gasteiger partial charge in [-0.05, 0) is 57.7 Å². The van der Waals surface area contributed by atoms with Crippen molar-refractivity contribution < 1.29 is 4.79 Å². The number of piperidine rings is 1. The van der Waals surface area contributed by atoms with Gasteiger partial charge in [-0.1, -0.05) is 19.1 Å². The Morgan fingerprint density at radius 2 is 2.16 bits per heavy atom. The van der Waals surface area contributed by atoms with Crippen molar-refractivity contribution in [3.8, 4) is 0 Å². The van der Waals surface area contributed by atoms with Crippen LogP contribution in [0.2, 0.25) is 0 Å². The summed E-state index contributed by atoms with van der Waals surface area (Å²) in [6, 6.07) is 8.37. The quantitative estimate of drug-likeness (QED) is 0.877. The van der Waals surface area contributed by atoms with Gasteiger partial charge in [0.25, 0.3) is 0 Å². The van der Waals surface area contributed by atoms with Gasteiger partial charge in [0.2, 0.25) is 5.91 Å². The Kier molecular flexibility index (Phi) is 5.74. The topological polar surface area (TPSA) is 50.2 Å². The van der Waals surface area contributed by atoms with Crippen molar-refractivity contribution >= 4 is 16.9 Å². The molecule has 136 valence electrons. The lowest BCUT2D eigenvalue weighted by Gasteiger charge is -2.35. The maximum atomic E-state index is 12.8. The molecule has 0 bridgehead atoms. The summed E-state index contributed by atoms with van der Waals surface area (Å²) >= 11 is 0. The number of amides is 1. The molecule has 1 N–H and O–H groups in total. The fraction of sp³-hybridized carbons (Fsp3) is 0.600. The van der Waals surface area contributed by atoms with Gasteiger partial charge in [-0.25, -0.2) is 4.98 Å². The number of carbonyl (C=O) groups is 1. The first-order valence-corrected chi connectivity index (χ1v) is 9.53. The van der Waals surface area contributed by atoms with Crippen LogP contribution in [0.3, 0.4) is 0 Å². The summed E-state index contributed by atoms with van der Waals surface area (Å²) < 4.78 is 2.01. The largest absolute Gasteiger partial charge is 0.354 e. The highest BCUT2D eigenvalue weighted by Gasteiger charge is 2.24. The molecule has 1 aliphatic heterocycles. The molecule has 1 aliphatic rings. The number of aromatic nitrogens is 2. The van der Waals surface area contributed by atoms with Crippen molar-refractivity contribution in [1.29, 1.82) is 0 Å². The lowest BCUT2D eigenvalue weighted by molar-refractivity contribution is -0.124. The molecule has 5 nitrogen and oxygen atoms in total. The van der Waals surface area contributed by atoms with E-state index in [1.165, 1.54) is 19.4 Å². The average Bonchev–Trinajstić information content (AvgIpc) is 3.05. The van der Waals surface area contributed by atoms with E-state index in [0.29, 0.717) is 12.0 Å². The molecule has 2 aromatic rings. The molecule has 0 saturated carbocycles. The fourth-order valence-electron chi connectivity index (χ4n) is 3.83. The molecule has 1 fully saturated rings. The van der Waals surface area contributed by atoms with E-state index in [1.54, 1.807) is 6.33 Å². The Morgan fingerprint density at radius 1 is 1.36 bits per heavy atom. The van der Waals surface area contributed by atoms with Crippen LogP contribution < -0.4 is 5.32 Å². The minimum Gasteiger partial charge on any atom is -0.354 e. The molecule has 0 radical (unpaired) electrons. The third kappa shape index (κ3) is 4.03. The van der Waals surface area contributed by atoms with Crippen LogP contribution in [0.1, 0.15) is 46.1 Å². The van der Waals surface area contributed by atoms with Crippen LogP contribution in [0.15, 0.2) is 30.6 Å². The Morgan fingerprint density at radius 3 is 2.92 bits per heavy atom. The molecule has 2 atom stereocenters. The van der Waals surface area contributed by atoms with Crippen molar-refractivity contribution in [2.75, 3.05) is 19.6 Å². The summed E-state index contributed by atoms with van der Waals surface area (Å²) in [5.74, 6) is 0.657. The highest BCUT2D eigenvalue weighted by atomic mass is 16.2. The Balaban J connectivity index is 1.63. The smallest absolute Gasteiger partial charge is 0.243 e. The molecule has 1 aromatic heterocycles. The van der Waals surface area contributed by atoms with Crippen LogP contribution >= 0.6 is 0 Å². The Hall–Kier alpha value is -1.88. The summed E-state index contributed by atoms with van der Waals surface area (Å²) in [7, 11) is 0. The van der Waals surface area contributed by atoms with E-state index in [-0.39, 0.29) is 11.9 Å². The number of carbonyl (C=O) groups excluding carboxylic acids is 1. The number of rotatable bonds is 6. The van der Waals surface area contributed by atoms with E-state index in [9.17, 15) is 4.79 Å². The fourth-order valence-corrected chi connectivity index (χ4v) is 3.83. The van der Waals surface area contributed by atoms with Crippen LogP contribution in [0, 0.1) is 5.92 Å². The van der Waals surface area contributed by atoms with Crippen LogP contribution in [0.4, 0.5) is 0 Å². The molecule has 1 amide bonds. The second-order valence-corrected chi connectivity index (χ2v) is 7.41. The molecule has 2 heterocycles. The Bertz CT molecular complexity index is 709. The standard InChI is InChI=1S/C20H30N4O/c1-4-18(24-14-22-17-9-5-6-10-19(17)24)20(25)21-12-16-8-7-11-23(13-16)15(2)3/h5-6,9-10,14-16,18H,4,7-8,11-13H2,1-3H3,(H,21,25)/t16-,18+/m0/s1. The zero-order valence-electron chi connectivity index (χ0n) is 15.6. The number of nitrogens with zero attached hydrogens (tertiary/aromatic N) is 3. The van der Waals surface area contributed by atoms with Gasteiger partial charge in [-0.15, -0.1) is 0 Å². The van der Waals surface area contributed by atoms with Gasteiger partial charge in [0.1, 0.15) is 6.04 Å². The highest BCUT2D eigenvalue weighted by molar-refractivity contribution is 5.83. The molecule has 3 rings (SSSR count). The van der Waals surface area contributed by atoms with Crippen molar-refractivity contribution in [2.45, 2.75) is 52.1 Å². The number of hydrogen-bond donors (Lipinski definition) is 1. The van der Waals surface area contributed by atoms with E-state index in [0.717, 1.165) is 30.5 Å². The van der Waals surface area contributed by atoms with Gasteiger partial charge in [0.05, 0.1) is 17.4 Å². The van der Waals surface area contributed by atoms with Crippen molar-refractivity contribution in [2.24, 2.45) is 5.92 Å². The number of benzene rings is 1. The first-order chi connectivity index (χ1) is 12.1. The summed E-state index contributed by atoms with van der Waals surface area (Å²) in [6.45, 7) is 9.59. The van der Waals surface area contributed by atoms with Gasteiger partial charge in [0, 0.05) is 19.1 Å². The van der Waals surface area contributed by atoms with E-state index >= 15 is 0 Å². The zero-order chi connectivity index (χ0) is 17.8. The first-order valence-electron chi connectivity index (χ1n) is 9.53. The monoisotopic (exact) mass is 342 g/mol. The number of hydrogen-bond acceptors (Lipinski definition) is 3. The summed E-state index contributed by atoms with van der Waals surface area (Å²) in [4.78, 5) is 19.7. The molecule has 0 spiro atoms. The maximum Gasteiger partial charge on any atom is 0.243 e. The molecular formula is C20H30N4O. The highest BCUT2D eigenvalue weighted by Crippen LogP contribution is 2.21. The van der Waals surface area contributed by atoms with E-state index < -0.39 is 0 Å². The molecule has 0 unspecified atom stereocenters. The lowest BCUT2D eigenvalue weighted by atomic mass is 9.97. The van der Waals surface area contributed by atoms with Gasteiger partial charge in [0.15, 0.2) is 0 Å². The minimum atomic E-state index is -0.197. The minimum absolute atomic E-state index is 0.104. The molecule has 0 aliphatic carbocycles. The van der Waals surface area contributed by atoms with Crippen LogP contribution in [0.25, 0.3) is 11.0 Å². The van der Waals surface area contributed by atoms with Gasteiger partial charge < -0.3 is 14.8 Å². The number of para-hydroxylation sites is 2. The molecule has 5 heteroatoms. The lowest BCUT2D eigenvalue weighted by Crippen LogP contribution is -2.44. The summed E-state index contributed by atoms with van der Waals surface area (Å²) in [5.41, 5.74) is 1.96. The van der Waals surface area contributed by atoms with Gasteiger partial charge >= 0.3 is 0 Å². The van der Waals surface area contributed by atoms with Crippen LogP contribution in [0.5, 0.6) is 0 Å². The predicted molar refractivity (Wildman–Crippen MR) is 102 cm³/mol. The number of likely N-dealkylation sites (tertiary alicyclic amines) is 1. The summed E-state index contributed by atoms with van der Waals surface area (Å²) in [5, 5.41) is 3.20. The Labute approximate surface area is 150 Å². The van der Waals surface area contributed by atoms with Gasteiger partial charge in [-0.3, -0.25) is 4.79 Å². The van der Waals surface area contributed by atoms with E-state index in [1.807, 2.05) is 28.8 Å². The van der Waals surface area contributed by atoms with E-state index in [4.69, 9.17) is 0 Å². The molecule has 1 aromatic carbocycles. The maximum absolute atomic E-state index is 12.8. The van der Waals surface area contributed by atoms with Crippen molar-refractivity contribution in [3.05, 3.63) is 30.6 Å². The van der Waals surface area contributed by atoms with Crippen LogP contribution in [-0.4, -0.2) is 46.0 Å². The van der Waals surface area contributed by atoms with E-state index in [2.05, 4.69) is 36.0 Å². The predicted octanol–water partition coefficient (Wildman–Crippen LogP) is 3.22. The first kappa shape index (κ1) is 17.9. The number of imidazole rings is 1. The van der Waals surface area contributed by atoms with Gasteiger partial charge in [-0.2, -0.15) is 0 Å². The zero-order valence-corrected chi connectivity index (χ0v) is 15.6. The summed E-state index contributed by atoms with van der Waals surface area (Å²) in [6.07, 6.45) is 4.98. The molecule has 1 saturated heterocycles. The second kappa shape index (κ2) is 8.00. The SMILES string of the molecule is CC[C@H](C(=O)NC[C@@H]1CCCN(C(C)C)C1)n1cnc2ccccc21. The molecule has 25 heavy (non-hydrogen) atoms. The van der Waals surface area contributed by atoms with Crippen molar-refractivity contribution in [1.82, 2.24) is 19.8 Å². The molecular weight excluding hydrogens is 312 g/mol. The third-order valence-electron chi connectivity index (χ3n) is 5.35. The van der Waals surface area contributed by atoms with Crippen LogP contribution in [-0.2, 0) is 4.79 Å². The normalized spacial score (nSPS) is 20.1. The third-order valence-corrected chi connectivity index (χ3v) is 5.35. The number of nitrogens with one attached hydrogen (secondary N) is 1. The van der Waals surface area contributed by atoms with Crippen molar-refractivity contribution in [3.63, 3.8) is 0 Å².